The number of hydrogen-bond acceptors (Lipinski definition) is 4. The van der Waals surface area contributed by atoms with Crippen LogP contribution in [0, 0.1) is 17.2 Å². The van der Waals surface area contributed by atoms with Crippen LogP contribution < -0.4 is 0 Å². The van der Waals surface area contributed by atoms with Crippen LogP contribution in [0.2, 0.25) is 0 Å². The van der Waals surface area contributed by atoms with E-state index in [-0.39, 0.29) is 23.8 Å². The average Bonchev–Trinajstić information content (AvgIpc) is 2.78. The van der Waals surface area contributed by atoms with Crippen molar-refractivity contribution in [1.82, 2.24) is 0 Å². The third-order valence-corrected chi connectivity index (χ3v) is 5.77. The fourth-order valence-corrected chi connectivity index (χ4v) is 4.18. The molecule has 7 heteroatoms. The summed E-state index contributed by atoms with van der Waals surface area (Å²) in [6, 6.07) is 17.2. The van der Waals surface area contributed by atoms with Crippen molar-refractivity contribution in [3.63, 3.8) is 0 Å². The third kappa shape index (κ3) is 5.50. The Hall–Kier alpha value is -3.27. The lowest BCUT2D eigenvalue weighted by Crippen LogP contribution is -2.37. The smallest absolute Gasteiger partial charge is 0.299 e. The maximum atomic E-state index is 13.1. The lowest BCUT2D eigenvalue weighted by Gasteiger charge is -2.31. The lowest BCUT2D eigenvalue weighted by molar-refractivity contribution is -0.171. The maximum Gasteiger partial charge on any atom is 0.449 e. The highest BCUT2D eigenvalue weighted by atomic mass is 19.4. The number of nitrogens with zero attached hydrogens (tertiary/aromatic N) is 2. The highest BCUT2D eigenvalue weighted by Gasteiger charge is 2.44. The number of ketones is 2. The van der Waals surface area contributed by atoms with Gasteiger partial charge in [-0.3, -0.25) is 14.6 Å². The molecule has 3 atom stereocenters. The number of carbonyl (C=O) groups excluding carboxylic acids is 2. The molecule has 0 saturated heterocycles. The highest BCUT2D eigenvalue weighted by molar-refractivity contribution is 6.08. The Bertz CT molecular complexity index is 1050. The van der Waals surface area contributed by atoms with Crippen molar-refractivity contribution in [2.75, 3.05) is 0 Å². The first-order valence-electron chi connectivity index (χ1n) is 10.4. The van der Waals surface area contributed by atoms with Gasteiger partial charge >= 0.3 is 6.18 Å². The molecule has 32 heavy (non-hydrogen) atoms. The fourth-order valence-electron chi connectivity index (χ4n) is 4.18. The zero-order valence-electron chi connectivity index (χ0n) is 17.6. The van der Waals surface area contributed by atoms with Crippen LogP contribution in [-0.2, 0) is 9.59 Å². The second-order valence-corrected chi connectivity index (χ2v) is 7.97. The average molecular weight is 440 g/mol. The van der Waals surface area contributed by atoms with E-state index in [1.807, 2.05) is 43.3 Å². The number of rotatable bonds is 6. The Morgan fingerprint density at radius 1 is 1.12 bits per heavy atom. The van der Waals surface area contributed by atoms with Crippen molar-refractivity contribution in [3.8, 4) is 6.07 Å². The van der Waals surface area contributed by atoms with Crippen molar-refractivity contribution < 1.29 is 22.8 Å². The van der Waals surface area contributed by atoms with Gasteiger partial charge in [0.05, 0.1) is 23.6 Å². The lowest BCUT2D eigenvalue weighted by atomic mass is 9.72. The van der Waals surface area contributed by atoms with E-state index >= 15 is 0 Å². The molecule has 166 valence electrons. The molecule has 1 aliphatic carbocycles. The molecule has 1 aliphatic rings. The number of hydrogen-bond donors (Lipinski definition) is 0. The standard InChI is InChI=1S/C25H23F3N2O2/c1-16(18-8-3-2-4-9-18)30-21-11-6-12-22(31)24(21)20(14-23(32)25(26,27)28)19-10-5-7-17(13-19)15-29/h2-5,7-10,13,16,20,24H,6,11-12,14H2,1H3. The fraction of sp³-hybridized carbons (Fsp3) is 0.360. The second kappa shape index (κ2) is 9.90. The van der Waals surface area contributed by atoms with E-state index < -0.39 is 30.2 Å². The minimum Gasteiger partial charge on any atom is -0.299 e. The number of carbonyl (C=O) groups is 2. The third-order valence-electron chi connectivity index (χ3n) is 5.77. The molecule has 3 unspecified atom stereocenters. The van der Waals surface area contributed by atoms with Gasteiger partial charge in [0, 0.05) is 24.5 Å². The van der Waals surface area contributed by atoms with Crippen LogP contribution in [0.25, 0.3) is 0 Å². The first kappa shape index (κ1) is 23.4. The summed E-state index contributed by atoms with van der Waals surface area (Å²) in [4.78, 5) is 29.7. The van der Waals surface area contributed by atoms with Crippen molar-refractivity contribution >= 4 is 17.3 Å². The van der Waals surface area contributed by atoms with Crippen molar-refractivity contribution in [3.05, 3.63) is 71.3 Å². The van der Waals surface area contributed by atoms with E-state index in [1.165, 1.54) is 12.1 Å². The monoisotopic (exact) mass is 440 g/mol. The molecule has 0 N–H and O–H groups in total. The molecule has 0 amide bonds. The van der Waals surface area contributed by atoms with Crippen LogP contribution >= 0.6 is 0 Å². The molecule has 0 heterocycles. The Balaban J connectivity index is 2.06. The summed E-state index contributed by atoms with van der Waals surface area (Å²) in [7, 11) is 0. The molecule has 2 aromatic carbocycles. The van der Waals surface area contributed by atoms with E-state index in [0.29, 0.717) is 24.1 Å². The van der Waals surface area contributed by atoms with E-state index in [0.717, 1.165) is 5.56 Å². The minimum absolute atomic E-state index is 0.220. The van der Waals surface area contributed by atoms with Crippen LogP contribution in [-0.4, -0.2) is 23.5 Å². The molecule has 0 aliphatic heterocycles. The van der Waals surface area contributed by atoms with Gasteiger partial charge in [0.2, 0.25) is 5.78 Å². The van der Waals surface area contributed by atoms with Gasteiger partial charge in [0.25, 0.3) is 0 Å². The molecule has 4 nitrogen and oxygen atoms in total. The normalized spacial score (nSPS) is 19.9. The molecule has 0 aromatic heterocycles. The van der Waals surface area contributed by atoms with Crippen molar-refractivity contribution in [2.24, 2.45) is 10.9 Å². The Kier molecular flexibility index (Phi) is 7.24. The van der Waals surface area contributed by atoms with Gasteiger partial charge in [-0.25, -0.2) is 0 Å². The van der Waals surface area contributed by atoms with Gasteiger partial charge < -0.3 is 0 Å². The second-order valence-electron chi connectivity index (χ2n) is 7.97. The molecule has 1 saturated carbocycles. The molecule has 0 spiro atoms. The SMILES string of the molecule is CC(N=C1CCCC(=O)C1C(CC(=O)C(F)(F)F)c1cccc(C#N)c1)c1ccccc1. The van der Waals surface area contributed by atoms with Gasteiger partial charge in [-0.15, -0.1) is 0 Å². The highest BCUT2D eigenvalue weighted by Crippen LogP contribution is 2.38. The summed E-state index contributed by atoms with van der Waals surface area (Å²) >= 11 is 0. The Labute approximate surface area is 184 Å². The number of benzene rings is 2. The molecule has 2 aromatic rings. The van der Waals surface area contributed by atoms with Gasteiger partial charge in [-0.05, 0) is 43.0 Å². The van der Waals surface area contributed by atoms with Crippen LogP contribution in [0.15, 0.2) is 59.6 Å². The summed E-state index contributed by atoms with van der Waals surface area (Å²) in [5.41, 5.74) is 2.06. The predicted octanol–water partition coefficient (Wildman–Crippen LogP) is 5.73. The van der Waals surface area contributed by atoms with Crippen LogP contribution in [0.5, 0.6) is 0 Å². The summed E-state index contributed by atoms with van der Waals surface area (Å²) in [6.45, 7) is 1.87. The molecule has 3 rings (SSSR count). The van der Waals surface area contributed by atoms with Crippen LogP contribution in [0.1, 0.15) is 61.3 Å². The summed E-state index contributed by atoms with van der Waals surface area (Å²) in [5, 5.41) is 9.23. The molecule has 0 radical (unpaired) electrons. The van der Waals surface area contributed by atoms with Crippen molar-refractivity contribution in [2.45, 2.75) is 50.7 Å². The molecule has 1 fully saturated rings. The summed E-state index contributed by atoms with van der Waals surface area (Å²) in [6.07, 6.45) is -4.61. The number of nitriles is 1. The van der Waals surface area contributed by atoms with Gasteiger partial charge in [-0.2, -0.15) is 18.4 Å². The van der Waals surface area contributed by atoms with Crippen molar-refractivity contribution in [1.29, 1.82) is 5.26 Å². The minimum atomic E-state index is -5.00. The number of Topliss-reactive ketones (excluding diaryl/α,β-unsaturated/α-hetero) is 2. The largest absolute Gasteiger partial charge is 0.449 e. The van der Waals surface area contributed by atoms with Gasteiger partial charge in [-0.1, -0.05) is 42.5 Å². The van der Waals surface area contributed by atoms with E-state index in [9.17, 15) is 28.0 Å². The van der Waals surface area contributed by atoms with Crippen LogP contribution in [0.3, 0.4) is 0 Å². The maximum absolute atomic E-state index is 13.1. The zero-order valence-corrected chi connectivity index (χ0v) is 17.6. The topological polar surface area (TPSA) is 70.3 Å². The van der Waals surface area contributed by atoms with Gasteiger partial charge in [0.1, 0.15) is 5.78 Å². The molecule has 0 bridgehead atoms. The van der Waals surface area contributed by atoms with Crippen LogP contribution in [0.4, 0.5) is 13.2 Å². The van der Waals surface area contributed by atoms with E-state index in [4.69, 9.17) is 4.99 Å². The Morgan fingerprint density at radius 3 is 2.47 bits per heavy atom. The molecular weight excluding hydrogens is 417 g/mol. The van der Waals surface area contributed by atoms with E-state index in [2.05, 4.69) is 0 Å². The summed E-state index contributed by atoms with van der Waals surface area (Å²) in [5.74, 6) is -4.08. The first-order valence-corrected chi connectivity index (χ1v) is 10.4. The quantitative estimate of drug-likeness (QED) is 0.576. The molecular formula is C25H23F3N2O2. The number of aliphatic imine (C=N–C) groups is 1. The van der Waals surface area contributed by atoms with E-state index in [1.54, 1.807) is 12.1 Å². The number of alkyl halides is 3. The first-order chi connectivity index (χ1) is 15.2. The number of halogens is 3. The predicted molar refractivity (Wildman–Crippen MR) is 114 cm³/mol. The Morgan fingerprint density at radius 2 is 1.81 bits per heavy atom. The van der Waals surface area contributed by atoms with Gasteiger partial charge in [0.15, 0.2) is 0 Å². The zero-order chi connectivity index (χ0) is 23.3. The summed E-state index contributed by atoms with van der Waals surface area (Å²) < 4.78 is 39.4.